The number of rotatable bonds is 5. The molecule has 1 saturated carbocycles. The maximum atomic E-state index is 12.7. The molecule has 7 heteroatoms. The van der Waals surface area contributed by atoms with Crippen molar-refractivity contribution in [3.63, 3.8) is 0 Å². The average molecular weight is 352 g/mol. The third-order valence-electron chi connectivity index (χ3n) is 4.64. The number of hydrogen-bond acceptors (Lipinski definition) is 4. The molecule has 0 radical (unpaired) electrons. The number of guanidine groups is 1. The smallest absolute Gasteiger partial charge is 0.230 e. The highest BCUT2D eigenvalue weighted by atomic mass is 32.1. The van der Waals surface area contributed by atoms with Crippen LogP contribution in [-0.2, 0) is 11.3 Å². The van der Waals surface area contributed by atoms with Crippen LogP contribution < -0.4 is 5.32 Å². The molecule has 134 valence electrons. The van der Waals surface area contributed by atoms with E-state index in [1.807, 2.05) is 28.1 Å². The Hall–Kier alpha value is -1.63. The van der Waals surface area contributed by atoms with E-state index in [9.17, 15) is 4.79 Å². The van der Waals surface area contributed by atoms with Crippen molar-refractivity contribution in [2.45, 2.75) is 39.2 Å². The Morgan fingerprint density at radius 2 is 2.04 bits per heavy atom. The lowest BCUT2D eigenvalue weighted by Crippen LogP contribution is -2.49. The van der Waals surface area contributed by atoms with Crippen LogP contribution in [0.1, 0.15) is 36.4 Å². The number of aryl methyl sites for hydroxylation is 1. The molecule has 0 aromatic carbocycles. The van der Waals surface area contributed by atoms with Crippen molar-refractivity contribution in [1.82, 2.24) is 20.1 Å². The number of carbonyl (C=O) groups excluding carboxylic acids is 1. The number of thiazole rings is 1. The van der Waals surface area contributed by atoms with E-state index in [1.165, 1.54) is 0 Å². The van der Waals surface area contributed by atoms with Crippen LogP contribution in [-0.4, -0.2) is 61.4 Å². The fourth-order valence-corrected chi connectivity index (χ4v) is 4.03. The summed E-state index contributed by atoms with van der Waals surface area (Å²) in [5.41, 5.74) is 0.750. The minimum absolute atomic E-state index is 0.223. The predicted octanol–water partition coefficient (Wildman–Crippen LogP) is 2.11. The summed E-state index contributed by atoms with van der Waals surface area (Å²) in [5.74, 6) is 1.03. The van der Waals surface area contributed by atoms with Gasteiger partial charge in [0, 0.05) is 40.1 Å². The molecule has 0 saturated heterocycles. The van der Waals surface area contributed by atoms with Gasteiger partial charge in [-0.3, -0.25) is 9.79 Å². The van der Waals surface area contributed by atoms with Crippen molar-refractivity contribution in [3.8, 4) is 0 Å². The molecular formula is C17H29N5OS. The molecule has 2 rings (SSSR count). The fraction of sp³-hybridized carbons (Fsp3) is 0.706. The molecule has 0 spiro atoms. The quantitative estimate of drug-likeness (QED) is 0.652. The Morgan fingerprint density at radius 1 is 1.38 bits per heavy atom. The normalized spacial score (nSPS) is 17.0. The highest BCUT2D eigenvalue weighted by Gasteiger charge is 2.42. The van der Waals surface area contributed by atoms with E-state index in [0.717, 1.165) is 42.3 Å². The number of amides is 1. The molecule has 1 aliphatic carbocycles. The number of hydrogen-bond donors (Lipinski definition) is 1. The van der Waals surface area contributed by atoms with E-state index in [4.69, 9.17) is 0 Å². The SMILES string of the molecule is CN=C(NCC1(C(=O)N(C)C)CCCC1)N(C)Cc1csc(C)n1. The molecule has 0 bridgehead atoms. The molecule has 1 aliphatic rings. The van der Waals surface area contributed by atoms with Crippen LogP contribution in [0.15, 0.2) is 10.4 Å². The third kappa shape index (κ3) is 4.26. The summed E-state index contributed by atoms with van der Waals surface area (Å²) in [7, 11) is 7.46. The standard InChI is InChI=1S/C17H29N5OS/c1-13-20-14(11-24-13)10-22(5)16(18-2)19-12-17(8-6-7-9-17)15(23)21(3)4/h11H,6-10,12H2,1-5H3,(H,18,19). The van der Waals surface area contributed by atoms with Crippen molar-refractivity contribution in [3.05, 3.63) is 16.1 Å². The van der Waals surface area contributed by atoms with Gasteiger partial charge in [0.25, 0.3) is 0 Å². The molecule has 1 N–H and O–H groups in total. The van der Waals surface area contributed by atoms with E-state index in [1.54, 1.807) is 23.3 Å². The lowest BCUT2D eigenvalue weighted by Gasteiger charge is -2.32. The number of aliphatic imine (C=N–C) groups is 1. The van der Waals surface area contributed by atoms with Gasteiger partial charge in [-0.15, -0.1) is 11.3 Å². The molecule has 1 fully saturated rings. The van der Waals surface area contributed by atoms with Crippen molar-refractivity contribution in [2.75, 3.05) is 34.7 Å². The maximum absolute atomic E-state index is 12.7. The first-order valence-electron chi connectivity index (χ1n) is 8.42. The Balaban J connectivity index is 2.00. The molecule has 1 heterocycles. The summed E-state index contributed by atoms with van der Waals surface area (Å²) in [6.45, 7) is 3.35. The molecule has 6 nitrogen and oxygen atoms in total. The molecule has 0 aliphatic heterocycles. The van der Waals surface area contributed by atoms with Gasteiger partial charge >= 0.3 is 0 Å². The fourth-order valence-electron chi connectivity index (χ4n) is 3.42. The molecular weight excluding hydrogens is 322 g/mol. The van der Waals surface area contributed by atoms with Gasteiger partial charge in [-0.1, -0.05) is 12.8 Å². The van der Waals surface area contributed by atoms with Gasteiger partial charge < -0.3 is 15.1 Å². The highest BCUT2D eigenvalue weighted by Crippen LogP contribution is 2.38. The van der Waals surface area contributed by atoms with Gasteiger partial charge in [-0.05, 0) is 19.8 Å². The van der Waals surface area contributed by atoms with Crippen LogP contribution in [0.3, 0.4) is 0 Å². The number of aromatic nitrogens is 1. The van der Waals surface area contributed by atoms with E-state index in [2.05, 4.69) is 25.6 Å². The van der Waals surface area contributed by atoms with Crippen molar-refractivity contribution in [1.29, 1.82) is 0 Å². The zero-order valence-corrected chi connectivity index (χ0v) is 16.2. The van der Waals surface area contributed by atoms with Crippen molar-refractivity contribution >= 4 is 23.2 Å². The van der Waals surface area contributed by atoms with Crippen LogP contribution >= 0.6 is 11.3 Å². The minimum atomic E-state index is -0.294. The topological polar surface area (TPSA) is 60.8 Å². The minimum Gasteiger partial charge on any atom is -0.355 e. The lowest BCUT2D eigenvalue weighted by molar-refractivity contribution is -0.138. The van der Waals surface area contributed by atoms with Crippen LogP contribution in [0.2, 0.25) is 0 Å². The first-order valence-corrected chi connectivity index (χ1v) is 9.30. The van der Waals surface area contributed by atoms with Gasteiger partial charge in [0.15, 0.2) is 5.96 Å². The van der Waals surface area contributed by atoms with Crippen LogP contribution in [0.25, 0.3) is 0 Å². The van der Waals surface area contributed by atoms with E-state index in [-0.39, 0.29) is 11.3 Å². The van der Waals surface area contributed by atoms with Gasteiger partial charge in [0.05, 0.1) is 22.7 Å². The van der Waals surface area contributed by atoms with E-state index >= 15 is 0 Å². The molecule has 0 unspecified atom stereocenters. The molecule has 0 atom stereocenters. The zero-order chi connectivity index (χ0) is 17.7. The van der Waals surface area contributed by atoms with Crippen molar-refractivity contribution in [2.24, 2.45) is 10.4 Å². The molecule has 1 aromatic rings. The maximum Gasteiger partial charge on any atom is 0.230 e. The van der Waals surface area contributed by atoms with Gasteiger partial charge in [0.1, 0.15) is 0 Å². The summed E-state index contributed by atoms with van der Waals surface area (Å²) in [4.78, 5) is 25.3. The predicted molar refractivity (Wildman–Crippen MR) is 99.3 cm³/mol. The summed E-state index contributed by atoms with van der Waals surface area (Å²) in [6.07, 6.45) is 4.13. The third-order valence-corrected chi connectivity index (χ3v) is 5.47. The second kappa shape index (κ2) is 7.96. The molecule has 24 heavy (non-hydrogen) atoms. The molecule has 1 aromatic heterocycles. The first-order chi connectivity index (χ1) is 11.4. The van der Waals surface area contributed by atoms with E-state index in [0.29, 0.717) is 13.1 Å². The zero-order valence-electron chi connectivity index (χ0n) is 15.4. The molecule has 1 amide bonds. The summed E-state index contributed by atoms with van der Waals surface area (Å²) in [6, 6.07) is 0. The Kier molecular flexibility index (Phi) is 6.21. The van der Waals surface area contributed by atoms with Crippen LogP contribution in [0.5, 0.6) is 0 Å². The van der Waals surface area contributed by atoms with E-state index < -0.39 is 0 Å². The van der Waals surface area contributed by atoms with Gasteiger partial charge in [0.2, 0.25) is 5.91 Å². The summed E-state index contributed by atoms with van der Waals surface area (Å²) < 4.78 is 0. The average Bonchev–Trinajstić information content (AvgIpc) is 3.17. The summed E-state index contributed by atoms with van der Waals surface area (Å²) >= 11 is 1.66. The second-order valence-corrected chi connectivity index (χ2v) is 7.86. The lowest BCUT2D eigenvalue weighted by atomic mass is 9.84. The first kappa shape index (κ1) is 18.7. The van der Waals surface area contributed by atoms with Gasteiger partial charge in [-0.25, -0.2) is 4.98 Å². The van der Waals surface area contributed by atoms with Crippen molar-refractivity contribution < 1.29 is 4.79 Å². The van der Waals surface area contributed by atoms with Crippen LogP contribution in [0, 0.1) is 12.3 Å². The Bertz CT molecular complexity index is 590. The Labute approximate surface area is 149 Å². The number of nitrogens with one attached hydrogen (secondary N) is 1. The Morgan fingerprint density at radius 3 is 2.54 bits per heavy atom. The number of carbonyl (C=O) groups is 1. The second-order valence-electron chi connectivity index (χ2n) is 6.80. The van der Waals surface area contributed by atoms with Gasteiger partial charge in [-0.2, -0.15) is 0 Å². The number of nitrogens with zero attached hydrogens (tertiary/aromatic N) is 4. The highest BCUT2D eigenvalue weighted by molar-refractivity contribution is 7.09. The summed E-state index contributed by atoms with van der Waals surface area (Å²) in [5, 5.41) is 6.57. The largest absolute Gasteiger partial charge is 0.355 e. The monoisotopic (exact) mass is 351 g/mol. The van der Waals surface area contributed by atoms with Crippen LogP contribution in [0.4, 0.5) is 0 Å².